The van der Waals surface area contributed by atoms with Gasteiger partial charge in [0.1, 0.15) is 0 Å². The Morgan fingerprint density at radius 1 is 1.55 bits per heavy atom. The monoisotopic (exact) mass is 305 g/mol. The predicted octanol–water partition coefficient (Wildman–Crippen LogP) is 2.80. The molecule has 2 aliphatic rings. The molecule has 22 heavy (non-hydrogen) atoms. The lowest BCUT2D eigenvalue weighted by atomic mass is 9.63. The van der Waals surface area contributed by atoms with Crippen molar-refractivity contribution in [1.29, 1.82) is 0 Å². The molecule has 120 valence electrons. The number of hydrogen-bond acceptors (Lipinski definition) is 4. The molecular weight excluding hydrogens is 282 g/mol. The van der Waals surface area contributed by atoms with Crippen LogP contribution in [0, 0.1) is 11.3 Å². The summed E-state index contributed by atoms with van der Waals surface area (Å²) in [5, 5.41) is 17.4. The maximum absolute atomic E-state index is 11.8. The van der Waals surface area contributed by atoms with E-state index >= 15 is 0 Å². The Morgan fingerprint density at radius 3 is 2.91 bits per heavy atom. The van der Waals surface area contributed by atoms with E-state index in [-0.39, 0.29) is 22.9 Å². The molecule has 0 aliphatic carbocycles. The zero-order chi connectivity index (χ0) is 16.0. The minimum Gasteiger partial charge on any atom is -0.476 e. The Balaban J connectivity index is 1.84. The van der Waals surface area contributed by atoms with E-state index in [0.717, 1.165) is 19.3 Å². The predicted molar refractivity (Wildman–Crippen MR) is 80.7 cm³/mol. The first kappa shape index (κ1) is 15.1. The van der Waals surface area contributed by atoms with Gasteiger partial charge in [0.05, 0.1) is 12.1 Å². The second-order valence-corrected chi connectivity index (χ2v) is 7.32. The van der Waals surface area contributed by atoms with Crippen molar-refractivity contribution in [2.24, 2.45) is 11.3 Å². The molecule has 6 nitrogen and oxygen atoms in total. The Labute approximate surface area is 130 Å². The highest BCUT2D eigenvalue weighted by Crippen LogP contribution is 2.58. The van der Waals surface area contributed by atoms with E-state index in [1.165, 1.54) is 0 Å². The molecular formula is C16H23N3O3. The van der Waals surface area contributed by atoms with Gasteiger partial charge in [0.25, 0.3) is 0 Å². The number of hydrogen-bond donors (Lipinski definition) is 1. The zero-order valence-corrected chi connectivity index (χ0v) is 13.3. The number of amides is 1. The van der Waals surface area contributed by atoms with Crippen molar-refractivity contribution < 1.29 is 14.6 Å². The number of ether oxygens (including phenoxy) is 1. The van der Waals surface area contributed by atoms with E-state index in [9.17, 15) is 9.90 Å². The van der Waals surface area contributed by atoms with Crippen molar-refractivity contribution >= 4 is 6.09 Å². The van der Waals surface area contributed by atoms with Crippen LogP contribution in [0.5, 0.6) is 5.88 Å². The summed E-state index contributed by atoms with van der Waals surface area (Å²) in [6.07, 6.45) is 3.52. The first-order valence-corrected chi connectivity index (χ1v) is 7.79. The molecule has 1 aromatic heterocycles. The third kappa shape index (κ3) is 2.12. The van der Waals surface area contributed by atoms with Crippen LogP contribution in [0.2, 0.25) is 0 Å². The van der Waals surface area contributed by atoms with Crippen molar-refractivity contribution in [3.8, 4) is 5.88 Å². The average molecular weight is 305 g/mol. The SMILES string of the molecule is CC(C)(C)C12CCC(CC1COc1cccnn1)N2C(=O)O. The van der Waals surface area contributed by atoms with Gasteiger partial charge in [-0.3, -0.25) is 4.90 Å². The quantitative estimate of drug-likeness (QED) is 0.929. The molecule has 2 aliphatic heterocycles. The number of carboxylic acid groups (broad SMARTS) is 1. The first-order valence-electron chi connectivity index (χ1n) is 7.79. The van der Waals surface area contributed by atoms with Crippen LogP contribution in [0.3, 0.4) is 0 Å². The van der Waals surface area contributed by atoms with Crippen LogP contribution >= 0.6 is 0 Å². The number of aromatic nitrogens is 2. The first-order chi connectivity index (χ1) is 10.4. The molecule has 3 heterocycles. The van der Waals surface area contributed by atoms with Crippen molar-refractivity contribution in [3.63, 3.8) is 0 Å². The molecule has 0 radical (unpaired) electrons. The number of rotatable bonds is 3. The van der Waals surface area contributed by atoms with E-state index in [4.69, 9.17) is 4.74 Å². The van der Waals surface area contributed by atoms with E-state index < -0.39 is 6.09 Å². The third-order valence-electron chi connectivity index (χ3n) is 5.37. The molecule has 2 saturated heterocycles. The van der Waals surface area contributed by atoms with Crippen LogP contribution in [0.25, 0.3) is 0 Å². The van der Waals surface area contributed by atoms with Gasteiger partial charge in [-0.15, -0.1) is 5.10 Å². The van der Waals surface area contributed by atoms with E-state index in [1.54, 1.807) is 23.2 Å². The molecule has 1 aromatic rings. The topological polar surface area (TPSA) is 75.6 Å². The van der Waals surface area contributed by atoms with Crippen molar-refractivity contribution in [2.75, 3.05) is 6.61 Å². The summed E-state index contributed by atoms with van der Waals surface area (Å²) in [5.74, 6) is 0.681. The molecule has 1 N–H and O–H groups in total. The summed E-state index contributed by atoms with van der Waals surface area (Å²) in [6, 6.07) is 3.68. The smallest absolute Gasteiger partial charge is 0.408 e. The van der Waals surface area contributed by atoms with Gasteiger partial charge in [0, 0.05) is 24.2 Å². The maximum atomic E-state index is 11.8. The third-order valence-corrected chi connectivity index (χ3v) is 5.37. The zero-order valence-electron chi connectivity index (χ0n) is 13.3. The highest BCUT2D eigenvalue weighted by atomic mass is 16.5. The molecule has 0 aromatic carbocycles. The summed E-state index contributed by atoms with van der Waals surface area (Å²) >= 11 is 0. The van der Waals surface area contributed by atoms with Gasteiger partial charge in [-0.1, -0.05) is 20.8 Å². The standard InChI is InChI=1S/C16H23N3O3/c1-15(2,3)16-7-6-12(19(16)14(20)21)9-11(16)10-22-13-5-4-8-17-18-13/h4-5,8,11-12H,6-7,9-10H2,1-3H3,(H,20,21). The van der Waals surface area contributed by atoms with Crippen LogP contribution in [-0.4, -0.2) is 44.5 Å². The minimum atomic E-state index is -0.806. The highest BCUT2D eigenvalue weighted by Gasteiger charge is 2.64. The molecule has 0 saturated carbocycles. The van der Waals surface area contributed by atoms with Crippen molar-refractivity contribution in [3.05, 3.63) is 18.3 Å². The van der Waals surface area contributed by atoms with Crippen LogP contribution in [-0.2, 0) is 0 Å². The van der Waals surface area contributed by atoms with Crippen molar-refractivity contribution in [1.82, 2.24) is 15.1 Å². The molecule has 0 spiro atoms. The molecule has 1 amide bonds. The van der Waals surface area contributed by atoms with Gasteiger partial charge >= 0.3 is 6.09 Å². The fraction of sp³-hybridized carbons (Fsp3) is 0.688. The largest absolute Gasteiger partial charge is 0.476 e. The van der Waals surface area contributed by atoms with E-state index in [1.807, 2.05) is 0 Å². The Morgan fingerprint density at radius 2 is 2.32 bits per heavy atom. The van der Waals surface area contributed by atoms with Gasteiger partial charge in [0.2, 0.25) is 5.88 Å². The molecule has 2 fully saturated rings. The van der Waals surface area contributed by atoms with Crippen LogP contribution in [0.4, 0.5) is 4.79 Å². The highest BCUT2D eigenvalue weighted by molar-refractivity contribution is 5.68. The molecule has 3 rings (SSSR count). The van der Waals surface area contributed by atoms with Crippen LogP contribution < -0.4 is 4.74 Å². The van der Waals surface area contributed by atoms with E-state index in [0.29, 0.717) is 12.5 Å². The van der Waals surface area contributed by atoms with Crippen LogP contribution in [0.1, 0.15) is 40.0 Å². The number of nitrogens with zero attached hydrogens (tertiary/aromatic N) is 3. The van der Waals surface area contributed by atoms with E-state index in [2.05, 4.69) is 31.0 Å². The summed E-state index contributed by atoms with van der Waals surface area (Å²) in [6.45, 7) is 6.88. The van der Waals surface area contributed by atoms with Gasteiger partial charge in [-0.2, -0.15) is 5.10 Å². The van der Waals surface area contributed by atoms with Gasteiger partial charge in [-0.05, 0) is 30.7 Å². The number of fused-ring (bicyclic) bond motifs is 2. The maximum Gasteiger partial charge on any atom is 0.408 e. The second-order valence-electron chi connectivity index (χ2n) is 7.32. The lowest BCUT2D eigenvalue weighted by molar-refractivity contribution is 0.000718. The minimum absolute atomic E-state index is 0.118. The average Bonchev–Trinajstić information content (AvgIpc) is 3.00. The summed E-state index contributed by atoms with van der Waals surface area (Å²) < 4.78 is 5.80. The molecule has 3 unspecified atom stereocenters. The summed E-state index contributed by atoms with van der Waals surface area (Å²) in [4.78, 5) is 13.5. The Bertz CT molecular complexity index is 558. The normalized spacial score (nSPS) is 30.6. The van der Waals surface area contributed by atoms with Gasteiger partial charge < -0.3 is 9.84 Å². The van der Waals surface area contributed by atoms with Crippen LogP contribution in [0.15, 0.2) is 18.3 Å². The molecule has 3 atom stereocenters. The fourth-order valence-electron chi connectivity index (χ4n) is 4.54. The molecule has 2 bridgehead atoms. The molecule has 6 heteroatoms. The van der Waals surface area contributed by atoms with Gasteiger partial charge in [-0.25, -0.2) is 4.79 Å². The lowest BCUT2D eigenvalue weighted by Crippen LogP contribution is -2.57. The Hall–Kier alpha value is -1.85. The van der Waals surface area contributed by atoms with Gasteiger partial charge in [0.15, 0.2) is 0 Å². The fourth-order valence-corrected chi connectivity index (χ4v) is 4.54. The summed E-state index contributed by atoms with van der Waals surface area (Å²) in [7, 11) is 0. The Kier molecular flexibility index (Phi) is 3.50. The van der Waals surface area contributed by atoms with Crippen molar-refractivity contribution in [2.45, 2.75) is 51.6 Å². The second kappa shape index (κ2) is 5.11. The number of carbonyl (C=O) groups is 1. The summed E-state index contributed by atoms with van der Waals surface area (Å²) in [5.41, 5.74) is -0.487. The lowest BCUT2D eigenvalue weighted by Gasteiger charge is -2.48.